The SMILES string of the molecule is Cc1cccc(N2C(=O)C(N3C(=O)c4ccccc4C3=O)C2c2ccc(F)cc2)c1. The second-order valence-corrected chi connectivity index (χ2v) is 7.51. The molecule has 1 fully saturated rings. The number of benzene rings is 3. The lowest BCUT2D eigenvalue weighted by Gasteiger charge is -2.49. The number of imide groups is 1. The molecule has 2 heterocycles. The summed E-state index contributed by atoms with van der Waals surface area (Å²) < 4.78 is 13.5. The van der Waals surface area contributed by atoms with Crippen LogP contribution >= 0.6 is 0 Å². The zero-order valence-electron chi connectivity index (χ0n) is 16.1. The number of amides is 3. The molecule has 3 amide bonds. The van der Waals surface area contributed by atoms with Crippen LogP contribution in [0.3, 0.4) is 0 Å². The van der Waals surface area contributed by atoms with Gasteiger partial charge < -0.3 is 4.90 Å². The number of halogens is 1. The Morgan fingerprint density at radius 3 is 1.97 bits per heavy atom. The van der Waals surface area contributed by atoms with Crippen LogP contribution < -0.4 is 4.90 Å². The Labute approximate surface area is 172 Å². The normalized spacial score (nSPS) is 20.4. The average Bonchev–Trinajstić information content (AvgIpc) is 2.98. The molecule has 0 aromatic heterocycles. The van der Waals surface area contributed by atoms with E-state index in [-0.39, 0.29) is 5.91 Å². The Morgan fingerprint density at radius 2 is 1.37 bits per heavy atom. The predicted octanol–water partition coefficient (Wildman–Crippen LogP) is 3.89. The van der Waals surface area contributed by atoms with Gasteiger partial charge in [-0.3, -0.25) is 19.3 Å². The lowest BCUT2D eigenvalue weighted by molar-refractivity contribution is -0.130. The standard InChI is InChI=1S/C24H17FN2O3/c1-14-5-4-6-17(13-14)26-20(15-9-11-16(25)12-10-15)21(24(26)30)27-22(28)18-7-2-3-8-19(18)23(27)29/h2-13,20-21H,1H3. The van der Waals surface area contributed by atoms with E-state index in [9.17, 15) is 18.8 Å². The molecule has 0 N–H and O–H groups in total. The summed E-state index contributed by atoms with van der Waals surface area (Å²) in [7, 11) is 0. The molecule has 3 aromatic rings. The maximum Gasteiger partial charge on any atom is 0.262 e. The van der Waals surface area contributed by atoms with E-state index >= 15 is 0 Å². The summed E-state index contributed by atoms with van der Waals surface area (Å²) in [6.07, 6.45) is 0. The van der Waals surface area contributed by atoms with E-state index < -0.39 is 29.7 Å². The van der Waals surface area contributed by atoms with Gasteiger partial charge in [0, 0.05) is 5.69 Å². The molecule has 6 heteroatoms. The lowest BCUT2D eigenvalue weighted by Crippen LogP contribution is -2.67. The molecular formula is C24H17FN2O3. The van der Waals surface area contributed by atoms with Crippen molar-refractivity contribution < 1.29 is 18.8 Å². The molecule has 2 aliphatic rings. The smallest absolute Gasteiger partial charge is 0.262 e. The highest BCUT2D eigenvalue weighted by molar-refractivity contribution is 6.24. The van der Waals surface area contributed by atoms with Crippen LogP contribution in [0, 0.1) is 12.7 Å². The van der Waals surface area contributed by atoms with Crippen LogP contribution in [-0.2, 0) is 4.79 Å². The number of anilines is 1. The number of hydrogen-bond donors (Lipinski definition) is 0. The van der Waals surface area contributed by atoms with Gasteiger partial charge in [-0.25, -0.2) is 4.39 Å². The molecule has 0 bridgehead atoms. The highest BCUT2D eigenvalue weighted by atomic mass is 19.1. The fourth-order valence-corrected chi connectivity index (χ4v) is 4.24. The van der Waals surface area contributed by atoms with E-state index in [0.29, 0.717) is 22.4 Å². The molecule has 1 saturated heterocycles. The van der Waals surface area contributed by atoms with Crippen LogP contribution in [0.4, 0.5) is 10.1 Å². The monoisotopic (exact) mass is 400 g/mol. The zero-order chi connectivity index (χ0) is 21.0. The number of nitrogens with zero attached hydrogens (tertiary/aromatic N) is 2. The summed E-state index contributed by atoms with van der Waals surface area (Å²) in [6.45, 7) is 1.92. The van der Waals surface area contributed by atoms with Crippen LogP contribution in [0.1, 0.15) is 37.9 Å². The zero-order valence-corrected chi connectivity index (χ0v) is 16.1. The van der Waals surface area contributed by atoms with Crippen LogP contribution in [0.25, 0.3) is 0 Å². The van der Waals surface area contributed by atoms with Crippen LogP contribution in [0.15, 0.2) is 72.8 Å². The van der Waals surface area contributed by atoms with E-state index in [1.165, 1.54) is 12.1 Å². The van der Waals surface area contributed by atoms with Gasteiger partial charge in [0.2, 0.25) is 0 Å². The summed E-state index contributed by atoms with van der Waals surface area (Å²) in [6, 6.07) is 18.2. The molecule has 2 unspecified atom stereocenters. The number of carbonyl (C=O) groups is 3. The Bertz CT molecular complexity index is 1170. The quantitative estimate of drug-likeness (QED) is 0.495. The van der Waals surface area contributed by atoms with Crippen LogP contribution in [0.2, 0.25) is 0 Å². The van der Waals surface area contributed by atoms with Gasteiger partial charge >= 0.3 is 0 Å². The molecule has 2 atom stereocenters. The fourth-order valence-electron chi connectivity index (χ4n) is 4.24. The highest BCUT2D eigenvalue weighted by Gasteiger charge is 2.57. The average molecular weight is 400 g/mol. The third-order valence-corrected chi connectivity index (χ3v) is 5.66. The molecule has 148 valence electrons. The maximum atomic E-state index is 13.5. The lowest BCUT2D eigenvalue weighted by atomic mass is 9.86. The summed E-state index contributed by atoms with van der Waals surface area (Å²) >= 11 is 0. The largest absolute Gasteiger partial charge is 0.300 e. The van der Waals surface area contributed by atoms with Gasteiger partial charge in [-0.05, 0) is 54.4 Å². The van der Waals surface area contributed by atoms with Crippen molar-refractivity contribution in [2.75, 3.05) is 4.90 Å². The Kier molecular flexibility index (Phi) is 4.03. The molecule has 5 rings (SSSR count). The van der Waals surface area contributed by atoms with Gasteiger partial charge in [0.15, 0.2) is 0 Å². The maximum absolute atomic E-state index is 13.5. The molecule has 5 nitrogen and oxygen atoms in total. The van der Waals surface area contributed by atoms with Crippen molar-refractivity contribution in [1.29, 1.82) is 0 Å². The summed E-state index contributed by atoms with van der Waals surface area (Å²) in [5, 5.41) is 0. The van der Waals surface area contributed by atoms with Gasteiger partial charge in [-0.2, -0.15) is 0 Å². The van der Waals surface area contributed by atoms with Gasteiger partial charge in [0.1, 0.15) is 11.9 Å². The number of rotatable bonds is 3. The second-order valence-electron chi connectivity index (χ2n) is 7.51. The van der Waals surface area contributed by atoms with Crippen molar-refractivity contribution in [3.05, 3.63) is 101 Å². The molecule has 3 aromatic carbocycles. The molecule has 0 saturated carbocycles. The predicted molar refractivity (Wildman–Crippen MR) is 109 cm³/mol. The number of hydrogen-bond acceptors (Lipinski definition) is 3. The summed E-state index contributed by atoms with van der Waals surface area (Å²) in [4.78, 5) is 41.9. The topological polar surface area (TPSA) is 57.7 Å². The first-order valence-electron chi connectivity index (χ1n) is 9.59. The van der Waals surface area contributed by atoms with E-state index in [2.05, 4.69) is 0 Å². The Hall–Kier alpha value is -3.80. The Balaban J connectivity index is 1.60. The number of fused-ring (bicyclic) bond motifs is 1. The van der Waals surface area contributed by atoms with Crippen LogP contribution in [-0.4, -0.2) is 28.7 Å². The van der Waals surface area contributed by atoms with Crippen molar-refractivity contribution in [1.82, 2.24) is 4.90 Å². The third-order valence-electron chi connectivity index (χ3n) is 5.66. The molecule has 0 aliphatic carbocycles. The molecule has 30 heavy (non-hydrogen) atoms. The van der Waals surface area contributed by atoms with Crippen molar-refractivity contribution in [2.24, 2.45) is 0 Å². The second kappa shape index (κ2) is 6.62. The van der Waals surface area contributed by atoms with E-state index in [1.54, 1.807) is 47.4 Å². The van der Waals surface area contributed by atoms with Gasteiger partial charge in [0.25, 0.3) is 17.7 Å². The third kappa shape index (κ3) is 2.57. The molecule has 0 spiro atoms. The highest BCUT2D eigenvalue weighted by Crippen LogP contribution is 2.44. The van der Waals surface area contributed by atoms with E-state index in [0.717, 1.165) is 10.5 Å². The van der Waals surface area contributed by atoms with Gasteiger partial charge in [-0.15, -0.1) is 0 Å². The minimum atomic E-state index is -0.983. The van der Waals surface area contributed by atoms with Gasteiger partial charge in [-0.1, -0.05) is 36.4 Å². The molecular weight excluding hydrogens is 383 g/mol. The van der Waals surface area contributed by atoms with Crippen LogP contribution in [0.5, 0.6) is 0 Å². The Morgan fingerprint density at radius 1 is 0.733 bits per heavy atom. The summed E-state index contributed by atoms with van der Waals surface area (Å²) in [5.41, 5.74) is 2.88. The number of carbonyl (C=O) groups excluding carboxylic acids is 3. The molecule has 2 aliphatic heterocycles. The number of β-lactam (4-membered cyclic amide) rings is 1. The first-order chi connectivity index (χ1) is 14.5. The van der Waals surface area contributed by atoms with E-state index in [1.807, 2.05) is 25.1 Å². The number of aryl methyl sites for hydroxylation is 1. The first kappa shape index (κ1) is 18.2. The summed E-state index contributed by atoms with van der Waals surface area (Å²) in [5.74, 6) is -1.71. The van der Waals surface area contributed by atoms with Crippen molar-refractivity contribution in [3.63, 3.8) is 0 Å². The molecule has 0 radical (unpaired) electrons. The van der Waals surface area contributed by atoms with Crippen molar-refractivity contribution in [2.45, 2.75) is 19.0 Å². The van der Waals surface area contributed by atoms with Gasteiger partial charge in [0.05, 0.1) is 17.2 Å². The minimum absolute atomic E-state index is 0.294. The first-order valence-corrected chi connectivity index (χ1v) is 9.59. The van der Waals surface area contributed by atoms with Crippen molar-refractivity contribution >= 4 is 23.4 Å². The minimum Gasteiger partial charge on any atom is -0.300 e. The van der Waals surface area contributed by atoms with Crippen molar-refractivity contribution in [3.8, 4) is 0 Å². The fraction of sp³-hybridized carbons (Fsp3) is 0.125. The van der Waals surface area contributed by atoms with E-state index in [4.69, 9.17) is 0 Å².